The fraction of sp³-hybridized carbons (Fsp3) is 0.733. The maximum absolute atomic E-state index is 6.28. The summed E-state index contributed by atoms with van der Waals surface area (Å²) >= 11 is 5.25. The molecule has 114 valence electrons. The van der Waals surface area contributed by atoms with E-state index in [0.29, 0.717) is 6.54 Å². The van der Waals surface area contributed by atoms with Crippen molar-refractivity contribution in [1.82, 2.24) is 4.90 Å². The van der Waals surface area contributed by atoms with Gasteiger partial charge in [-0.3, -0.25) is 4.90 Å². The number of nitrogens with two attached hydrogens (primary N) is 1. The molecular formula is C15H25BrN2OS. The van der Waals surface area contributed by atoms with Crippen LogP contribution in [0.25, 0.3) is 0 Å². The first-order valence-corrected chi connectivity index (χ1v) is 8.64. The van der Waals surface area contributed by atoms with E-state index < -0.39 is 0 Å². The number of nitrogens with zero attached hydrogens (tertiary/aromatic N) is 1. The van der Waals surface area contributed by atoms with Crippen molar-refractivity contribution in [3.8, 4) is 0 Å². The molecule has 1 aromatic heterocycles. The Bertz CT molecular complexity index is 486. The van der Waals surface area contributed by atoms with E-state index in [1.807, 2.05) is 0 Å². The highest BCUT2D eigenvalue weighted by atomic mass is 79.9. The molecule has 0 aliphatic carbocycles. The third-order valence-electron chi connectivity index (χ3n) is 4.48. The quantitative estimate of drug-likeness (QED) is 0.890. The number of likely N-dealkylation sites (N-methyl/N-ethyl adjacent to an activating group) is 1. The highest BCUT2D eigenvalue weighted by Crippen LogP contribution is 2.47. The van der Waals surface area contributed by atoms with Crippen molar-refractivity contribution in [1.29, 1.82) is 0 Å². The molecule has 1 unspecified atom stereocenters. The van der Waals surface area contributed by atoms with Crippen molar-refractivity contribution >= 4 is 27.3 Å². The van der Waals surface area contributed by atoms with Crippen LogP contribution in [-0.4, -0.2) is 35.2 Å². The number of halogens is 1. The molecule has 3 nitrogen and oxygen atoms in total. The lowest BCUT2D eigenvalue weighted by Gasteiger charge is -2.46. The molecule has 0 bridgehead atoms. The predicted molar refractivity (Wildman–Crippen MR) is 89.1 cm³/mol. The van der Waals surface area contributed by atoms with Crippen molar-refractivity contribution in [2.45, 2.75) is 57.4 Å². The number of ether oxygens (including phenoxy) is 1. The normalized spacial score (nSPS) is 28.2. The van der Waals surface area contributed by atoms with Crippen LogP contribution in [0.15, 0.2) is 15.2 Å². The van der Waals surface area contributed by atoms with Gasteiger partial charge in [-0.1, -0.05) is 0 Å². The third-order valence-corrected chi connectivity index (χ3v) is 6.03. The van der Waals surface area contributed by atoms with Gasteiger partial charge < -0.3 is 10.5 Å². The zero-order valence-corrected chi connectivity index (χ0v) is 15.4. The van der Waals surface area contributed by atoms with Gasteiger partial charge in [0, 0.05) is 13.1 Å². The fourth-order valence-electron chi connectivity index (χ4n) is 3.66. The second-order valence-corrected chi connectivity index (χ2v) is 9.19. The standard InChI is InChI=1S/C15H25BrN2OS/c1-13(2)9-15(10-17,14(3,4)19-13)18(5)7-11-6-12(16)20-8-11/h6,8H,7,9-10,17H2,1-5H3. The van der Waals surface area contributed by atoms with Crippen LogP contribution in [0, 0.1) is 0 Å². The van der Waals surface area contributed by atoms with Gasteiger partial charge in [0.25, 0.3) is 0 Å². The van der Waals surface area contributed by atoms with Crippen molar-refractivity contribution in [2.24, 2.45) is 5.73 Å². The van der Waals surface area contributed by atoms with Crippen LogP contribution < -0.4 is 5.73 Å². The number of hydrogen-bond acceptors (Lipinski definition) is 4. The number of hydrogen-bond donors (Lipinski definition) is 1. The van der Waals surface area contributed by atoms with Crippen molar-refractivity contribution in [2.75, 3.05) is 13.6 Å². The molecule has 1 aromatic rings. The lowest BCUT2D eigenvalue weighted by atomic mass is 9.77. The van der Waals surface area contributed by atoms with Crippen molar-refractivity contribution < 1.29 is 4.74 Å². The molecule has 2 N–H and O–H groups in total. The average molecular weight is 361 g/mol. The Kier molecular flexibility index (Phi) is 4.40. The first-order valence-electron chi connectivity index (χ1n) is 6.96. The smallest absolute Gasteiger partial charge is 0.0830 e. The van der Waals surface area contributed by atoms with Crippen LogP contribution in [0.3, 0.4) is 0 Å². The molecule has 5 heteroatoms. The molecule has 2 heterocycles. The Morgan fingerprint density at radius 1 is 1.40 bits per heavy atom. The Balaban J connectivity index is 2.26. The van der Waals surface area contributed by atoms with E-state index in [1.54, 1.807) is 11.3 Å². The van der Waals surface area contributed by atoms with E-state index in [2.05, 4.69) is 67.0 Å². The van der Waals surface area contributed by atoms with Crippen molar-refractivity contribution in [3.05, 3.63) is 20.8 Å². The van der Waals surface area contributed by atoms with Gasteiger partial charge >= 0.3 is 0 Å². The van der Waals surface area contributed by atoms with Crippen molar-refractivity contribution in [3.63, 3.8) is 0 Å². The number of rotatable bonds is 4. The highest BCUT2D eigenvalue weighted by molar-refractivity contribution is 9.11. The van der Waals surface area contributed by atoms with Gasteiger partial charge in [0.1, 0.15) is 0 Å². The van der Waals surface area contributed by atoms with E-state index in [0.717, 1.165) is 13.0 Å². The Morgan fingerprint density at radius 3 is 2.45 bits per heavy atom. The topological polar surface area (TPSA) is 38.5 Å². The Morgan fingerprint density at radius 2 is 2.05 bits per heavy atom. The molecule has 0 amide bonds. The monoisotopic (exact) mass is 360 g/mol. The average Bonchev–Trinajstić information content (AvgIpc) is 2.77. The summed E-state index contributed by atoms with van der Waals surface area (Å²) in [5.41, 5.74) is 6.99. The minimum Gasteiger partial charge on any atom is -0.368 e. The maximum atomic E-state index is 6.28. The van der Waals surface area contributed by atoms with Crippen LogP contribution in [0.4, 0.5) is 0 Å². The molecule has 0 spiro atoms. The molecule has 1 aliphatic heterocycles. The van der Waals surface area contributed by atoms with Gasteiger partial charge in [0.05, 0.1) is 20.5 Å². The summed E-state index contributed by atoms with van der Waals surface area (Å²) in [7, 11) is 2.16. The lowest BCUT2D eigenvalue weighted by molar-refractivity contribution is -0.101. The number of thiophene rings is 1. The van der Waals surface area contributed by atoms with E-state index in [4.69, 9.17) is 10.5 Å². The van der Waals surface area contributed by atoms with Gasteiger partial charge in [0.2, 0.25) is 0 Å². The minimum absolute atomic E-state index is 0.133. The van der Waals surface area contributed by atoms with Gasteiger partial charge in [-0.05, 0) is 74.1 Å². The SMILES string of the molecule is CN(Cc1csc(Br)c1)C1(CN)CC(C)(C)OC1(C)C. The molecule has 1 atom stereocenters. The highest BCUT2D eigenvalue weighted by Gasteiger charge is 2.58. The summed E-state index contributed by atoms with van der Waals surface area (Å²) in [6.07, 6.45) is 0.950. The van der Waals surface area contributed by atoms with Crippen LogP contribution in [-0.2, 0) is 11.3 Å². The van der Waals surface area contributed by atoms with Gasteiger partial charge in [0.15, 0.2) is 0 Å². The van der Waals surface area contributed by atoms with Gasteiger partial charge in [-0.15, -0.1) is 11.3 Å². The van der Waals surface area contributed by atoms with Gasteiger partial charge in [-0.2, -0.15) is 0 Å². The van der Waals surface area contributed by atoms with Crippen LogP contribution in [0.5, 0.6) is 0 Å². The van der Waals surface area contributed by atoms with E-state index in [9.17, 15) is 0 Å². The molecule has 2 rings (SSSR count). The molecule has 0 saturated carbocycles. The molecule has 0 radical (unpaired) electrons. The summed E-state index contributed by atoms with van der Waals surface area (Å²) < 4.78 is 7.45. The Hall–Kier alpha value is 0.0600. The minimum atomic E-state index is -0.257. The summed E-state index contributed by atoms with van der Waals surface area (Å²) in [5, 5.41) is 2.19. The summed E-state index contributed by atoms with van der Waals surface area (Å²) in [4.78, 5) is 2.37. The first kappa shape index (κ1) is 16.4. The second-order valence-electron chi connectivity index (χ2n) is 6.90. The Labute approximate surface area is 134 Å². The molecule has 20 heavy (non-hydrogen) atoms. The molecule has 1 aliphatic rings. The fourth-order valence-corrected chi connectivity index (χ4v) is 4.86. The summed E-state index contributed by atoms with van der Waals surface area (Å²) in [6, 6.07) is 2.18. The van der Waals surface area contributed by atoms with E-state index in [-0.39, 0.29) is 16.7 Å². The molecule has 1 saturated heterocycles. The van der Waals surface area contributed by atoms with E-state index in [1.165, 1.54) is 9.35 Å². The summed E-state index contributed by atoms with van der Waals surface area (Å²) in [5.74, 6) is 0. The predicted octanol–water partition coefficient (Wildman–Crippen LogP) is 3.62. The van der Waals surface area contributed by atoms with Crippen LogP contribution >= 0.6 is 27.3 Å². The lowest BCUT2D eigenvalue weighted by Crippen LogP contribution is -2.61. The molecule has 0 aromatic carbocycles. The second kappa shape index (κ2) is 5.36. The zero-order valence-electron chi connectivity index (χ0n) is 13.0. The van der Waals surface area contributed by atoms with Crippen LogP contribution in [0.2, 0.25) is 0 Å². The zero-order chi connectivity index (χ0) is 15.2. The van der Waals surface area contributed by atoms with Crippen LogP contribution in [0.1, 0.15) is 39.7 Å². The molecular weight excluding hydrogens is 336 g/mol. The van der Waals surface area contributed by atoms with Gasteiger partial charge in [-0.25, -0.2) is 0 Å². The maximum Gasteiger partial charge on any atom is 0.0830 e. The van der Waals surface area contributed by atoms with E-state index >= 15 is 0 Å². The largest absolute Gasteiger partial charge is 0.368 e. The third kappa shape index (κ3) is 2.83. The molecule has 1 fully saturated rings. The first-order chi connectivity index (χ1) is 9.12. The summed E-state index contributed by atoms with van der Waals surface area (Å²) in [6.45, 7) is 10.1.